The number of rotatable bonds is 3. The van der Waals surface area contributed by atoms with Crippen LogP contribution >= 0.6 is 0 Å². The van der Waals surface area contributed by atoms with Gasteiger partial charge in [-0.3, -0.25) is 4.90 Å². The fraction of sp³-hybridized carbons (Fsp3) is 0.538. The summed E-state index contributed by atoms with van der Waals surface area (Å²) in [6.07, 6.45) is 3.99. The van der Waals surface area contributed by atoms with Gasteiger partial charge in [-0.15, -0.1) is 0 Å². The zero-order valence-electron chi connectivity index (χ0n) is 9.45. The fourth-order valence-electron chi connectivity index (χ4n) is 2.42. The summed E-state index contributed by atoms with van der Waals surface area (Å²) in [5.41, 5.74) is 7.91. The number of hydrogen-bond donors (Lipinski definition) is 1. The number of likely N-dealkylation sites (tertiary alicyclic amines) is 1. The molecule has 82 valence electrons. The molecule has 2 rings (SSSR count). The highest BCUT2D eigenvalue weighted by Gasteiger charge is 2.22. The average Bonchev–Trinajstić information content (AvgIpc) is 2.69. The first-order valence-electron chi connectivity index (χ1n) is 5.88. The molecular weight excluding hydrogens is 184 g/mol. The van der Waals surface area contributed by atoms with Crippen LogP contribution in [-0.2, 0) is 6.54 Å². The molecule has 2 heteroatoms. The van der Waals surface area contributed by atoms with Gasteiger partial charge in [0.1, 0.15) is 0 Å². The van der Waals surface area contributed by atoms with Gasteiger partial charge in [-0.25, -0.2) is 0 Å². The topological polar surface area (TPSA) is 29.3 Å². The molecule has 2 nitrogen and oxygen atoms in total. The van der Waals surface area contributed by atoms with Crippen LogP contribution in [0.5, 0.6) is 0 Å². The molecule has 0 radical (unpaired) electrons. The molecule has 15 heavy (non-hydrogen) atoms. The third-order valence-electron chi connectivity index (χ3n) is 3.34. The van der Waals surface area contributed by atoms with Gasteiger partial charge in [0.15, 0.2) is 0 Å². The van der Waals surface area contributed by atoms with Crippen LogP contribution in [0.1, 0.15) is 31.7 Å². The van der Waals surface area contributed by atoms with E-state index >= 15 is 0 Å². The van der Waals surface area contributed by atoms with Gasteiger partial charge in [-0.1, -0.05) is 19.1 Å². The van der Waals surface area contributed by atoms with Crippen LogP contribution in [0.3, 0.4) is 0 Å². The molecule has 1 atom stereocenters. The molecule has 1 saturated heterocycles. The maximum Gasteiger partial charge on any atom is 0.0314 e. The molecule has 0 aromatic heterocycles. The second kappa shape index (κ2) is 4.67. The minimum atomic E-state index is 0.794. The van der Waals surface area contributed by atoms with Gasteiger partial charge in [0, 0.05) is 18.3 Å². The highest BCUT2D eigenvalue weighted by atomic mass is 15.2. The van der Waals surface area contributed by atoms with E-state index < -0.39 is 0 Å². The van der Waals surface area contributed by atoms with Crippen LogP contribution in [0.2, 0.25) is 0 Å². The summed E-state index contributed by atoms with van der Waals surface area (Å²) in [5.74, 6) is 0. The number of anilines is 1. The second-order valence-corrected chi connectivity index (χ2v) is 4.42. The van der Waals surface area contributed by atoms with Gasteiger partial charge < -0.3 is 5.73 Å². The van der Waals surface area contributed by atoms with Crippen LogP contribution < -0.4 is 5.73 Å². The summed E-state index contributed by atoms with van der Waals surface area (Å²) < 4.78 is 0. The number of hydrogen-bond acceptors (Lipinski definition) is 2. The molecule has 1 aliphatic rings. The summed E-state index contributed by atoms with van der Waals surface area (Å²) in [6.45, 7) is 4.62. The Labute approximate surface area is 92.1 Å². The fourth-order valence-corrected chi connectivity index (χ4v) is 2.42. The normalized spacial score (nSPS) is 22.1. The predicted octanol–water partition coefficient (Wildman–Crippen LogP) is 2.64. The van der Waals surface area contributed by atoms with E-state index in [-0.39, 0.29) is 0 Å². The standard InChI is InChI=1S/C13H20N2/c1-2-13-4-3-9-15(13)10-11-5-7-12(14)8-6-11/h5-8,13H,2-4,9-10,14H2,1H3/t13-/m0/s1. The average molecular weight is 204 g/mol. The van der Waals surface area contributed by atoms with Crippen molar-refractivity contribution in [3.63, 3.8) is 0 Å². The number of nitrogens with two attached hydrogens (primary N) is 1. The molecule has 0 bridgehead atoms. The van der Waals surface area contributed by atoms with Crippen LogP contribution in [-0.4, -0.2) is 17.5 Å². The van der Waals surface area contributed by atoms with E-state index in [9.17, 15) is 0 Å². The third-order valence-corrected chi connectivity index (χ3v) is 3.34. The maximum absolute atomic E-state index is 5.67. The van der Waals surface area contributed by atoms with Crippen molar-refractivity contribution in [2.45, 2.75) is 38.8 Å². The SMILES string of the molecule is CC[C@H]1CCCN1Cc1ccc(N)cc1. The van der Waals surface area contributed by atoms with Crippen molar-refractivity contribution >= 4 is 5.69 Å². The van der Waals surface area contributed by atoms with Gasteiger partial charge in [-0.05, 0) is 43.5 Å². The Morgan fingerprint density at radius 3 is 2.73 bits per heavy atom. The zero-order valence-corrected chi connectivity index (χ0v) is 9.45. The zero-order chi connectivity index (χ0) is 10.7. The minimum absolute atomic E-state index is 0.794. The van der Waals surface area contributed by atoms with E-state index in [0.717, 1.165) is 18.3 Å². The van der Waals surface area contributed by atoms with Gasteiger partial charge in [0.25, 0.3) is 0 Å². The van der Waals surface area contributed by atoms with Gasteiger partial charge in [0.2, 0.25) is 0 Å². The van der Waals surface area contributed by atoms with Crippen molar-refractivity contribution in [2.75, 3.05) is 12.3 Å². The van der Waals surface area contributed by atoms with Crippen molar-refractivity contribution in [3.8, 4) is 0 Å². The highest BCUT2D eigenvalue weighted by Crippen LogP contribution is 2.22. The van der Waals surface area contributed by atoms with Crippen LogP contribution in [0, 0.1) is 0 Å². The molecule has 0 saturated carbocycles. The van der Waals surface area contributed by atoms with Crippen LogP contribution in [0.4, 0.5) is 5.69 Å². The maximum atomic E-state index is 5.67. The van der Waals surface area contributed by atoms with E-state index in [0.29, 0.717) is 0 Å². The molecular formula is C13H20N2. The van der Waals surface area contributed by atoms with Crippen molar-refractivity contribution in [1.29, 1.82) is 0 Å². The Hall–Kier alpha value is -1.02. The molecule has 0 amide bonds. The van der Waals surface area contributed by atoms with E-state index in [4.69, 9.17) is 5.73 Å². The van der Waals surface area contributed by atoms with Crippen molar-refractivity contribution in [3.05, 3.63) is 29.8 Å². The smallest absolute Gasteiger partial charge is 0.0314 e. The Morgan fingerprint density at radius 2 is 2.07 bits per heavy atom. The summed E-state index contributed by atoms with van der Waals surface area (Å²) in [4.78, 5) is 2.59. The predicted molar refractivity (Wildman–Crippen MR) is 64.6 cm³/mol. The van der Waals surface area contributed by atoms with E-state index in [1.165, 1.54) is 31.4 Å². The Morgan fingerprint density at radius 1 is 1.33 bits per heavy atom. The van der Waals surface area contributed by atoms with Crippen LogP contribution in [0.15, 0.2) is 24.3 Å². The van der Waals surface area contributed by atoms with Gasteiger partial charge in [-0.2, -0.15) is 0 Å². The van der Waals surface area contributed by atoms with E-state index in [1.54, 1.807) is 0 Å². The molecule has 2 N–H and O–H groups in total. The first-order chi connectivity index (χ1) is 7.29. The number of nitrogen functional groups attached to an aromatic ring is 1. The lowest BCUT2D eigenvalue weighted by molar-refractivity contribution is 0.240. The largest absolute Gasteiger partial charge is 0.399 e. The quantitative estimate of drug-likeness (QED) is 0.767. The first kappa shape index (κ1) is 10.5. The van der Waals surface area contributed by atoms with Crippen molar-refractivity contribution in [2.24, 2.45) is 0 Å². The lowest BCUT2D eigenvalue weighted by Gasteiger charge is -2.23. The van der Waals surface area contributed by atoms with E-state index in [1.807, 2.05) is 12.1 Å². The molecule has 1 aliphatic heterocycles. The minimum Gasteiger partial charge on any atom is -0.399 e. The number of nitrogens with zero attached hydrogens (tertiary/aromatic N) is 1. The molecule has 0 unspecified atom stereocenters. The first-order valence-corrected chi connectivity index (χ1v) is 5.88. The number of benzene rings is 1. The highest BCUT2D eigenvalue weighted by molar-refractivity contribution is 5.39. The Balaban J connectivity index is 1.99. The third kappa shape index (κ3) is 2.51. The molecule has 1 aromatic carbocycles. The Kier molecular flexibility index (Phi) is 3.27. The summed E-state index contributed by atoms with van der Waals surface area (Å²) in [5, 5.41) is 0. The summed E-state index contributed by atoms with van der Waals surface area (Å²) in [6, 6.07) is 9.06. The second-order valence-electron chi connectivity index (χ2n) is 4.42. The monoisotopic (exact) mass is 204 g/mol. The Bertz CT molecular complexity index is 305. The molecule has 1 heterocycles. The van der Waals surface area contributed by atoms with E-state index in [2.05, 4.69) is 24.0 Å². The molecule has 1 fully saturated rings. The molecule has 0 aliphatic carbocycles. The summed E-state index contributed by atoms with van der Waals surface area (Å²) >= 11 is 0. The van der Waals surface area contributed by atoms with Crippen molar-refractivity contribution < 1.29 is 0 Å². The van der Waals surface area contributed by atoms with Crippen molar-refractivity contribution in [1.82, 2.24) is 4.90 Å². The van der Waals surface area contributed by atoms with Gasteiger partial charge in [0.05, 0.1) is 0 Å². The summed E-state index contributed by atoms with van der Waals surface area (Å²) in [7, 11) is 0. The lowest BCUT2D eigenvalue weighted by atomic mass is 10.1. The van der Waals surface area contributed by atoms with Gasteiger partial charge >= 0.3 is 0 Å². The lowest BCUT2D eigenvalue weighted by Crippen LogP contribution is -2.28. The molecule has 1 aromatic rings. The molecule has 0 spiro atoms. The van der Waals surface area contributed by atoms with Crippen LogP contribution in [0.25, 0.3) is 0 Å².